The van der Waals surface area contributed by atoms with Gasteiger partial charge in [-0.05, 0) is 48.5 Å². The summed E-state index contributed by atoms with van der Waals surface area (Å²) in [5.41, 5.74) is 3.99. The van der Waals surface area contributed by atoms with Crippen LogP contribution in [0.4, 0.5) is 17.1 Å². The van der Waals surface area contributed by atoms with E-state index in [0.717, 1.165) is 11.4 Å². The molecule has 0 atom stereocenters. The number of carbonyl (C=O) groups is 2. The van der Waals surface area contributed by atoms with Crippen LogP contribution in [0.5, 0.6) is 0 Å². The zero-order valence-electron chi connectivity index (χ0n) is 15.9. The molecule has 0 amide bonds. The summed E-state index contributed by atoms with van der Waals surface area (Å²) in [6.45, 7) is 0. The van der Waals surface area contributed by atoms with E-state index in [4.69, 9.17) is 11.6 Å². The zero-order valence-corrected chi connectivity index (χ0v) is 16.6. The molecule has 3 nitrogen and oxygen atoms in total. The van der Waals surface area contributed by atoms with Gasteiger partial charge in [0.1, 0.15) is 0 Å². The van der Waals surface area contributed by atoms with Crippen LogP contribution in [0, 0.1) is 0 Å². The number of halogens is 1. The van der Waals surface area contributed by atoms with Crippen LogP contribution in [0.1, 0.15) is 31.8 Å². The van der Waals surface area contributed by atoms with Crippen LogP contribution in [-0.2, 0) is 0 Å². The molecule has 5 rings (SSSR count). The van der Waals surface area contributed by atoms with E-state index in [1.54, 1.807) is 24.3 Å². The molecule has 0 bridgehead atoms. The van der Waals surface area contributed by atoms with E-state index in [0.29, 0.717) is 33.0 Å². The number of anilines is 3. The van der Waals surface area contributed by atoms with Crippen molar-refractivity contribution in [3.05, 3.63) is 124 Å². The number of hydrogen-bond donors (Lipinski definition) is 0. The van der Waals surface area contributed by atoms with Crippen LogP contribution in [-0.4, -0.2) is 11.6 Å². The number of rotatable bonds is 3. The lowest BCUT2D eigenvalue weighted by atomic mass is 9.83. The molecule has 0 aromatic heterocycles. The molecule has 1 aliphatic rings. The maximum atomic E-state index is 13.6. The number of para-hydroxylation sites is 2. The van der Waals surface area contributed by atoms with Crippen molar-refractivity contribution in [3.63, 3.8) is 0 Å². The Hall–Kier alpha value is -3.69. The van der Waals surface area contributed by atoms with Crippen LogP contribution in [0.15, 0.2) is 97.1 Å². The van der Waals surface area contributed by atoms with Crippen molar-refractivity contribution in [1.82, 2.24) is 0 Å². The van der Waals surface area contributed by atoms with E-state index >= 15 is 0 Å². The van der Waals surface area contributed by atoms with E-state index in [9.17, 15) is 9.59 Å². The van der Waals surface area contributed by atoms with Gasteiger partial charge >= 0.3 is 0 Å². The predicted molar refractivity (Wildman–Crippen MR) is 119 cm³/mol. The summed E-state index contributed by atoms with van der Waals surface area (Å²) >= 11 is 6.14. The SMILES string of the molecule is O=C1c2ccc(Cl)cc2C(=O)c2c1cccc2N(c1ccccc1)c1ccccc1. The van der Waals surface area contributed by atoms with Crippen molar-refractivity contribution in [1.29, 1.82) is 0 Å². The summed E-state index contributed by atoms with van der Waals surface area (Å²) in [7, 11) is 0. The van der Waals surface area contributed by atoms with Gasteiger partial charge in [-0.3, -0.25) is 9.59 Å². The second-order valence-electron chi connectivity index (χ2n) is 7.05. The Bertz CT molecular complexity index is 1240. The van der Waals surface area contributed by atoms with Crippen molar-refractivity contribution in [2.24, 2.45) is 0 Å². The average Bonchev–Trinajstić information content (AvgIpc) is 2.79. The molecule has 144 valence electrons. The standard InChI is InChI=1S/C26H16ClNO2/c27-17-14-15-20-22(16-17)26(30)24-21(25(20)29)12-7-13-23(24)28(18-8-3-1-4-9-18)19-10-5-2-6-11-19/h1-16H. The Labute approximate surface area is 179 Å². The molecular weight excluding hydrogens is 394 g/mol. The second-order valence-corrected chi connectivity index (χ2v) is 7.49. The molecule has 0 saturated carbocycles. The summed E-state index contributed by atoms with van der Waals surface area (Å²) in [5, 5.41) is 0.429. The quantitative estimate of drug-likeness (QED) is 0.337. The molecule has 4 aromatic rings. The third-order valence-electron chi connectivity index (χ3n) is 5.25. The lowest BCUT2D eigenvalue weighted by Gasteiger charge is -2.29. The number of hydrogen-bond acceptors (Lipinski definition) is 3. The Morgan fingerprint density at radius 3 is 1.83 bits per heavy atom. The highest BCUT2D eigenvalue weighted by Crippen LogP contribution is 2.41. The fourth-order valence-corrected chi connectivity index (χ4v) is 4.09. The lowest BCUT2D eigenvalue weighted by molar-refractivity contribution is 0.0979. The molecule has 0 N–H and O–H groups in total. The van der Waals surface area contributed by atoms with Gasteiger partial charge in [0, 0.05) is 33.1 Å². The van der Waals surface area contributed by atoms with E-state index < -0.39 is 0 Å². The summed E-state index contributed by atoms with van der Waals surface area (Å²) in [4.78, 5) is 28.8. The number of carbonyl (C=O) groups excluding carboxylic acids is 2. The minimum absolute atomic E-state index is 0.167. The molecule has 0 aliphatic heterocycles. The third-order valence-corrected chi connectivity index (χ3v) is 5.49. The van der Waals surface area contributed by atoms with Crippen molar-refractivity contribution >= 4 is 40.2 Å². The van der Waals surface area contributed by atoms with Crippen molar-refractivity contribution in [3.8, 4) is 0 Å². The molecule has 0 radical (unpaired) electrons. The highest BCUT2D eigenvalue weighted by atomic mass is 35.5. The normalized spacial score (nSPS) is 12.3. The molecule has 1 aliphatic carbocycles. The predicted octanol–water partition coefficient (Wildman–Crippen LogP) is 6.59. The molecule has 0 saturated heterocycles. The minimum atomic E-state index is -0.199. The maximum absolute atomic E-state index is 13.6. The molecular formula is C26H16ClNO2. The summed E-state index contributed by atoms with van der Waals surface area (Å²) in [6.07, 6.45) is 0. The summed E-state index contributed by atoms with van der Waals surface area (Å²) in [5.74, 6) is -0.367. The van der Waals surface area contributed by atoms with E-state index in [2.05, 4.69) is 0 Å². The highest BCUT2D eigenvalue weighted by molar-refractivity contribution is 6.34. The first kappa shape index (κ1) is 18.3. The molecule has 0 fully saturated rings. The van der Waals surface area contributed by atoms with Gasteiger partial charge in [0.05, 0.1) is 11.3 Å². The first-order chi connectivity index (χ1) is 14.6. The monoisotopic (exact) mass is 409 g/mol. The van der Waals surface area contributed by atoms with Gasteiger partial charge in [0.15, 0.2) is 11.6 Å². The Balaban J connectivity index is 1.78. The Morgan fingerprint density at radius 2 is 1.20 bits per heavy atom. The first-order valence-electron chi connectivity index (χ1n) is 9.57. The fraction of sp³-hybridized carbons (Fsp3) is 0. The average molecular weight is 410 g/mol. The third kappa shape index (κ3) is 2.92. The van der Waals surface area contributed by atoms with Gasteiger partial charge in [-0.25, -0.2) is 0 Å². The number of benzene rings is 4. The van der Waals surface area contributed by atoms with E-state index in [-0.39, 0.29) is 11.6 Å². The largest absolute Gasteiger partial charge is 0.310 e. The summed E-state index contributed by atoms with van der Waals surface area (Å²) < 4.78 is 0. The molecule has 0 heterocycles. The second kappa shape index (κ2) is 7.29. The number of fused-ring (bicyclic) bond motifs is 2. The van der Waals surface area contributed by atoms with Crippen LogP contribution in [0.3, 0.4) is 0 Å². The molecule has 0 unspecified atom stereocenters. The fourth-order valence-electron chi connectivity index (χ4n) is 3.92. The lowest BCUT2D eigenvalue weighted by Crippen LogP contribution is -2.24. The van der Waals surface area contributed by atoms with E-state index in [1.807, 2.05) is 77.7 Å². The summed E-state index contributed by atoms with van der Waals surface area (Å²) in [6, 6.07) is 29.8. The minimum Gasteiger partial charge on any atom is -0.310 e. The van der Waals surface area contributed by atoms with Gasteiger partial charge < -0.3 is 4.90 Å². The van der Waals surface area contributed by atoms with Crippen LogP contribution in [0.25, 0.3) is 0 Å². The topological polar surface area (TPSA) is 37.4 Å². The number of nitrogens with zero attached hydrogens (tertiary/aromatic N) is 1. The van der Waals surface area contributed by atoms with Crippen molar-refractivity contribution < 1.29 is 9.59 Å². The van der Waals surface area contributed by atoms with Crippen LogP contribution in [0.2, 0.25) is 5.02 Å². The maximum Gasteiger partial charge on any atom is 0.196 e. The van der Waals surface area contributed by atoms with Gasteiger partial charge in [0.25, 0.3) is 0 Å². The van der Waals surface area contributed by atoms with Crippen LogP contribution >= 0.6 is 11.6 Å². The molecule has 30 heavy (non-hydrogen) atoms. The Morgan fingerprint density at radius 1 is 0.567 bits per heavy atom. The van der Waals surface area contributed by atoms with Crippen LogP contribution < -0.4 is 4.90 Å². The zero-order chi connectivity index (χ0) is 20.7. The van der Waals surface area contributed by atoms with Crippen molar-refractivity contribution in [2.45, 2.75) is 0 Å². The van der Waals surface area contributed by atoms with E-state index in [1.165, 1.54) is 0 Å². The highest BCUT2D eigenvalue weighted by Gasteiger charge is 2.33. The van der Waals surface area contributed by atoms with Gasteiger partial charge in [0.2, 0.25) is 0 Å². The van der Waals surface area contributed by atoms with Gasteiger partial charge in [-0.1, -0.05) is 60.1 Å². The molecule has 4 aromatic carbocycles. The first-order valence-corrected chi connectivity index (χ1v) is 9.95. The number of ketones is 2. The van der Waals surface area contributed by atoms with Gasteiger partial charge in [-0.2, -0.15) is 0 Å². The molecule has 4 heteroatoms. The van der Waals surface area contributed by atoms with Crippen molar-refractivity contribution in [2.75, 3.05) is 4.90 Å². The molecule has 0 spiro atoms. The Kier molecular flexibility index (Phi) is 4.46. The van der Waals surface area contributed by atoms with Gasteiger partial charge in [-0.15, -0.1) is 0 Å². The smallest absolute Gasteiger partial charge is 0.196 e.